The maximum Gasteiger partial charge on any atom is 0.124 e. The first-order chi connectivity index (χ1) is 6.59. The third-order valence-corrected chi connectivity index (χ3v) is 2.50. The van der Waals surface area contributed by atoms with Crippen LogP contribution in [0.3, 0.4) is 0 Å². The Bertz CT molecular complexity index is 336. The van der Waals surface area contributed by atoms with E-state index in [9.17, 15) is 4.39 Å². The number of halogens is 2. The molecular formula is C11H13BrFN. The quantitative estimate of drug-likeness (QED) is 0.817. The third kappa shape index (κ3) is 3.60. The van der Waals surface area contributed by atoms with Crippen LogP contribution in [0.5, 0.6) is 0 Å². The molecular weight excluding hydrogens is 245 g/mol. The standard InChI is InChI=1S/C11H13BrFN/c1-8(2)6-14-7-9-3-4-10(13)5-11(9)12/h3-5,14H,1,6-7H2,2H3. The van der Waals surface area contributed by atoms with Gasteiger partial charge in [0, 0.05) is 17.6 Å². The van der Waals surface area contributed by atoms with E-state index in [0.717, 1.165) is 22.2 Å². The highest BCUT2D eigenvalue weighted by molar-refractivity contribution is 9.10. The fourth-order valence-corrected chi connectivity index (χ4v) is 1.57. The van der Waals surface area contributed by atoms with E-state index in [2.05, 4.69) is 27.8 Å². The van der Waals surface area contributed by atoms with Gasteiger partial charge in [-0.3, -0.25) is 0 Å². The van der Waals surface area contributed by atoms with Crippen molar-refractivity contribution in [3.63, 3.8) is 0 Å². The molecule has 1 rings (SSSR count). The van der Waals surface area contributed by atoms with Gasteiger partial charge in [-0.15, -0.1) is 0 Å². The lowest BCUT2D eigenvalue weighted by Gasteiger charge is -2.06. The molecule has 0 aliphatic carbocycles. The Hall–Kier alpha value is -0.670. The number of hydrogen-bond donors (Lipinski definition) is 1. The summed E-state index contributed by atoms with van der Waals surface area (Å²) in [4.78, 5) is 0. The van der Waals surface area contributed by atoms with Crippen molar-refractivity contribution in [3.8, 4) is 0 Å². The first-order valence-electron chi connectivity index (χ1n) is 4.38. The summed E-state index contributed by atoms with van der Waals surface area (Å²) in [6.45, 7) is 7.25. The average Bonchev–Trinajstić information content (AvgIpc) is 2.08. The first-order valence-corrected chi connectivity index (χ1v) is 5.18. The molecule has 3 heteroatoms. The zero-order valence-corrected chi connectivity index (χ0v) is 9.70. The van der Waals surface area contributed by atoms with Gasteiger partial charge in [-0.1, -0.05) is 34.1 Å². The number of nitrogens with one attached hydrogen (secondary N) is 1. The normalized spacial score (nSPS) is 10.2. The van der Waals surface area contributed by atoms with Crippen molar-refractivity contribution < 1.29 is 4.39 Å². The van der Waals surface area contributed by atoms with Gasteiger partial charge < -0.3 is 5.32 Å². The summed E-state index contributed by atoms with van der Waals surface area (Å²) >= 11 is 3.31. The molecule has 0 saturated carbocycles. The van der Waals surface area contributed by atoms with Gasteiger partial charge in [-0.2, -0.15) is 0 Å². The van der Waals surface area contributed by atoms with Crippen LogP contribution in [0.25, 0.3) is 0 Å². The SMILES string of the molecule is C=C(C)CNCc1ccc(F)cc1Br. The second kappa shape index (κ2) is 5.27. The molecule has 76 valence electrons. The minimum Gasteiger partial charge on any atom is -0.309 e. The topological polar surface area (TPSA) is 12.0 Å². The molecule has 0 aliphatic heterocycles. The fourth-order valence-electron chi connectivity index (χ4n) is 1.08. The highest BCUT2D eigenvalue weighted by atomic mass is 79.9. The molecule has 1 nitrogen and oxygen atoms in total. The van der Waals surface area contributed by atoms with Gasteiger partial charge in [0.1, 0.15) is 5.82 Å². The van der Waals surface area contributed by atoms with Crippen molar-refractivity contribution in [2.75, 3.05) is 6.54 Å². The largest absolute Gasteiger partial charge is 0.309 e. The zero-order chi connectivity index (χ0) is 10.6. The van der Waals surface area contributed by atoms with Crippen molar-refractivity contribution in [2.45, 2.75) is 13.5 Å². The van der Waals surface area contributed by atoms with Crippen LogP contribution in [0, 0.1) is 5.82 Å². The first kappa shape index (κ1) is 11.4. The molecule has 0 unspecified atom stereocenters. The lowest BCUT2D eigenvalue weighted by Crippen LogP contribution is -2.15. The lowest BCUT2D eigenvalue weighted by atomic mass is 10.2. The van der Waals surface area contributed by atoms with Crippen LogP contribution in [0.2, 0.25) is 0 Å². The molecule has 0 saturated heterocycles. The van der Waals surface area contributed by atoms with Gasteiger partial charge in [-0.25, -0.2) is 4.39 Å². The monoisotopic (exact) mass is 257 g/mol. The van der Waals surface area contributed by atoms with E-state index in [4.69, 9.17) is 0 Å². The Kier molecular flexibility index (Phi) is 4.29. The van der Waals surface area contributed by atoms with Gasteiger partial charge in [0.05, 0.1) is 0 Å². The molecule has 0 amide bonds. The predicted octanol–water partition coefficient (Wildman–Crippen LogP) is 3.25. The molecule has 1 aromatic rings. The highest BCUT2D eigenvalue weighted by Crippen LogP contribution is 2.17. The van der Waals surface area contributed by atoms with E-state index in [0.29, 0.717) is 6.54 Å². The maximum absolute atomic E-state index is 12.7. The van der Waals surface area contributed by atoms with Gasteiger partial charge in [0.15, 0.2) is 0 Å². The van der Waals surface area contributed by atoms with Crippen molar-refractivity contribution >= 4 is 15.9 Å². The maximum atomic E-state index is 12.7. The van der Waals surface area contributed by atoms with Gasteiger partial charge >= 0.3 is 0 Å². The Morgan fingerprint density at radius 1 is 1.57 bits per heavy atom. The number of hydrogen-bond acceptors (Lipinski definition) is 1. The van der Waals surface area contributed by atoms with E-state index in [1.165, 1.54) is 12.1 Å². The van der Waals surface area contributed by atoms with E-state index in [1.54, 1.807) is 6.07 Å². The Labute approximate surface area is 92.1 Å². The van der Waals surface area contributed by atoms with Crippen molar-refractivity contribution in [3.05, 3.63) is 46.2 Å². The fraction of sp³-hybridized carbons (Fsp3) is 0.273. The van der Waals surface area contributed by atoms with Crippen LogP contribution < -0.4 is 5.32 Å². The molecule has 0 bridgehead atoms. The summed E-state index contributed by atoms with van der Waals surface area (Å²) in [7, 11) is 0. The Morgan fingerprint density at radius 3 is 2.86 bits per heavy atom. The molecule has 14 heavy (non-hydrogen) atoms. The highest BCUT2D eigenvalue weighted by Gasteiger charge is 2.00. The van der Waals surface area contributed by atoms with Crippen molar-refractivity contribution in [1.29, 1.82) is 0 Å². The molecule has 0 atom stereocenters. The molecule has 0 fully saturated rings. The van der Waals surface area contributed by atoms with Crippen molar-refractivity contribution in [1.82, 2.24) is 5.32 Å². The van der Waals surface area contributed by atoms with E-state index >= 15 is 0 Å². The van der Waals surface area contributed by atoms with Crippen LogP contribution in [-0.4, -0.2) is 6.54 Å². The third-order valence-electron chi connectivity index (χ3n) is 1.76. The molecule has 0 aromatic heterocycles. The van der Waals surface area contributed by atoms with Crippen LogP contribution in [0.1, 0.15) is 12.5 Å². The van der Waals surface area contributed by atoms with Crippen LogP contribution in [0.4, 0.5) is 4.39 Å². The summed E-state index contributed by atoms with van der Waals surface area (Å²) in [5.41, 5.74) is 2.14. The minimum absolute atomic E-state index is 0.222. The zero-order valence-electron chi connectivity index (χ0n) is 8.11. The summed E-state index contributed by atoms with van der Waals surface area (Å²) in [5, 5.41) is 3.21. The molecule has 0 heterocycles. The van der Waals surface area contributed by atoms with Crippen LogP contribution in [-0.2, 0) is 6.54 Å². The molecule has 0 spiro atoms. The molecule has 0 aliphatic rings. The minimum atomic E-state index is -0.222. The second-order valence-corrected chi connectivity index (χ2v) is 4.15. The van der Waals surface area contributed by atoms with E-state index < -0.39 is 0 Å². The summed E-state index contributed by atoms with van der Waals surface area (Å²) in [5.74, 6) is -0.222. The lowest BCUT2D eigenvalue weighted by molar-refractivity contribution is 0.624. The Morgan fingerprint density at radius 2 is 2.29 bits per heavy atom. The molecule has 1 aromatic carbocycles. The van der Waals surface area contributed by atoms with E-state index in [-0.39, 0.29) is 5.82 Å². The van der Waals surface area contributed by atoms with Crippen LogP contribution >= 0.6 is 15.9 Å². The van der Waals surface area contributed by atoms with Gasteiger partial charge in [-0.05, 0) is 24.6 Å². The van der Waals surface area contributed by atoms with Crippen LogP contribution in [0.15, 0.2) is 34.8 Å². The van der Waals surface area contributed by atoms with Crippen molar-refractivity contribution in [2.24, 2.45) is 0 Å². The summed E-state index contributed by atoms with van der Waals surface area (Å²) < 4.78 is 13.5. The summed E-state index contributed by atoms with van der Waals surface area (Å²) in [6, 6.07) is 4.70. The average molecular weight is 258 g/mol. The predicted molar refractivity (Wildman–Crippen MR) is 60.6 cm³/mol. The van der Waals surface area contributed by atoms with E-state index in [1.807, 2.05) is 6.92 Å². The number of rotatable bonds is 4. The Balaban J connectivity index is 2.55. The second-order valence-electron chi connectivity index (χ2n) is 3.30. The smallest absolute Gasteiger partial charge is 0.124 e. The molecule has 0 radical (unpaired) electrons. The summed E-state index contributed by atoms with van der Waals surface area (Å²) in [6.07, 6.45) is 0. The number of benzene rings is 1. The van der Waals surface area contributed by atoms with Gasteiger partial charge in [0.2, 0.25) is 0 Å². The van der Waals surface area contributed by atoms with Gasteiger partial charge in [0.25, 0.3) is 0 Å². The molecule has 1 N–H and O–H groups in total.